The number of carbonyl (C=O) groups excluding carboxylic acids is 1. The van der Waals surface area contributed by atoms with Crippen LogP contribution in [0.15, 0.2) is 46.9 Å². The van der Waals surface area contributed by atoms with Gasteiger partial charge >= 0.3 is 0 Å². The fourth-order valence-electron chi connectivity index (χ4n) is 5.64. The van der Waals surface area contributed by atoms with Crippen LogP contribution in [0.4, 0.5) is 5.69 Å². The molecule has 2 aromatic carbocycles. The van der Waals surface area contributed by atoms with Gasteiger partial charge in [0.1, 0.15) is 5.76 Å². The van der Waals surface area contributed by atoms with E-state index in [1.807, 2.05) is 31.2 Å². The van der Waals surface area contributed by atoms with E-state index in [-0.39, 0.29) is 0 Å². The highest BCUT2D eigenvalue weighted by Crippen LogP contribution is 2.28. The lowest BCUT2D eigenvalue weighted by molar-refractivity contribution is -0.133. The largest absolute Gasteiger partial charge is 0.441 e. The number of carbonyl (C=O) groups is 1. The minimum atomic E-state index is 0.299. The summed E-state index contributed by atoms with van der Waals surface area (Å²) in [5.41, 5.74) is 5.81. The van der Waals surface area contributed by atoms with Crippen molar-refractivity contribution in [3.05, 3.63) is 70.1 Å². The number of piperidine rings is 1. The van der Waals surface area contributed by atoms with Crippen LogP contribution in [0, 0.1) is 26.7 Å². The molecular formula is C30H37ClN4O2. The Morgan fingerprint density at radius 1 is 1.05 bits per heavy atom. The summed E-state index contributed by atoms with van der Waals surface area (Å²) in [4.78, 5) is 24.9. The van der Waals surface area contributed by atoms with E-state index < -0.39 is 0 Å². The number of likely N-dealkylation sites (tertiary alicyclic amines) is 1. The second-order valence-electron chi connectivity index (χ2n) is 10.6. The first-order chi connectivity index (χ1) is 17.9. The molecule has 37 heavy (non-hydrogen) atoms. The molecule has 2 saturated heterocycles. The van der Waals surface area contributed by atoms with Gasteiger partial charge in [-0.1, -0.05) is 29.8 Å². The zero-order valence-corrected chi connectivity index (χ0v) is 22.9. The van der Waals surface area contributed by atoms with Crippen molar-refractivity contribution in [3.63, 3.8) is 0 Å². The van der Waals surface area contributed by atoms with Crippen LogP contribution in [0.1, 0.15) is 41.8 Å². The molecule has 0 radical (unpaired) electrons. The molecule has 1 amide bonds. The molecule has 0 aliphatic carbocycles. The Morgan fingerprint density at radius 3 is 2.62 bits per heavy atom. The number of oxazole rings is 1. The maximum absolute atomic E-state index is 13.2. The van der Waals surface area contributed by atoms with Gasteiger partial charge in [0.2, 0.25) is 11.8 Å². The number of amides is 1. The second-order valence-corrected chi connectivity index (χ2v) is 11.0. The van der Waals surface area contributed by atoms with Crippen LogP contribution in [-0.4, -0.2) is 60.0 Å². The van der Waals surface area contributed by atoms with Crippen molar-refractivity contribution in [3.8, 4) is 11.5 Å². The Kier molecular flexibility index (Phi) is 7.87. The topological polar surface area (TPSA) is 52.8 Å². The molecule has 0 saturated carbocycles. The summed E-state index contributed by atoms with van der Waals surface area (Å²) in [6, 6.07) is 14.1. The number of benzene rings is 2. The summed E-state index contributed by atoms with van der Waals surface area (Å²) < 4.78 is 5.96. The van der Waals surface area contributed by atoms with Gasteiger partial charge in [0, 0.05) is 62.0 Å². The maximum atomic E-state index is 13.2. The molecule has 1 atom stereocenters. The fraction of sp³-hybridized carbons (Fsp3) is 0.467. The van der Waals surface area contributed by atoms with Gasteiger partial charge in [0.05, 0.1) is 5.69 Å². The van der Waals surface area contributed by atoms with Crippen LogP contribution in [0.25, 0.3) is 11.5 Å². The highest BCUT2D eigenvalue weighted by molar-refractivity contribution is 6.30. The van der Waals surface area contributed by atoms with Crippen molar-refractivity contribution >= 4 is 23.2 Å². The van der Waals surface area contributed by atoms with Crippen LogP contribution in [0.3, 0.4) is 0 Å². The molecule has 3 heterocycles. The van der Waals surface area contributed by atoms with Gasteiger partial charge in [-0.15, -0.1) is 0 Å². The number of rotatable bonds is 6. The molecule has 1 aromatic heterocycles. The van der Waals surface area contributed by atoms with E-state index in [2.05, 4.69) is 46.7 Å². The summed E-state index contributed by atoms with van der Waals surface area (Å²) in [6.45, 7) is 12.4. The summed E-state index contributed by atoms with van der Waals surface area (Å²) >= 11 is 6.15. The molecule has 196 valence electrons. The summed E-state index contributed by atoms with van der Waals surface area (Å²) in [6.07, 6.45) is 2.85. The Balaban J connectivity index is 1.14. The first-order valence-electron chi connectivity index (χ1n) is 13.4. The van der Waals surface area contributed by atoms with E-state index in [0.29, 0.717) is 29.2 Å². The third-order valence-corrected chi connectivity index (χ3v) is 8.19. The molecule has 0 spiro atoms. The third kappa shape index (κ3) is 6.02. The Hall–Kier alpha value is -2.83. The van der Waals surface area contributed by atoms with Crippen molar-refractivity contribution < 1.29 is 9.21 Å². The van der Waals surface area contributed by atoms with Crippen LogP contribution in [0.2, 0.25) is 5.02 Å². The number of nitrogens with zero attached hydrogens (tertiary/aromatic N) is 4. The van der Waals surface area contributed by atoms with Crippen LogP contribution >= 0.6 is 11.6 Å². The molecule has 0 bridgehead atoms. The van der Waals surface area contributed by atoms with E-state index in [1.54, 1.807) is 0 Å². The number of hydrogen-bond donors (Lipinski definition) is 0. The van der Waals surface area contributed by atoms with Gasteiger partial charge in [-0.25, -0.2) is 4.98 Å². The zero-order chi connectivity index (χ0) is 25.9. The van der Waals surface area contributed by atoms with Gasteiger partial charge < -0.3 is 14.2 Å². The molecular weight excluding hydrogens is 484 g/mol. The molecule has 2 aliphatic rings. The molecule has 5 rings (SSSR count). The third-order valence-electron chi connectivity index (χ3n) is 7.95. The van der Waals surface area contributed by atoms with E-state index in [9.17, 15) is 4.79 Å². The number of aromatic nitrogens is 1. The molecule has 3 aromatic rings. The number of anilines is 1. The highest BCUT2D eigenvalue weighted by atomic mass is 35.5. The van der Waals surface area contributed by atoms with E-state index >= 15 is 0 Å². The smallest absolute Gasteiger partial charge is 0.226 e. The minimum absolute atomic E-state index is 0.299. The minimum Gasteiger partial charge on any atom is -0.441 e. The Labute approximate surface area is 225 Å². The van der Waals surface area contributed by atoms with E-state index in [1.165, 1.54) is 16.8 Å². The highest BCUT2D eigenvalue weighted by Gasteiger charge is 2.28. The van der Waals surface area contributed by atoms with Gasteiger partial charge in [-0.05, 0) is 81.5 Å². The standard InChI is InChI=1S/C30H37ClN4O2/c1-21-7-4-11-28(22(21)2)34-13-15-35(16-14-34)29(36)17-24-8-6-12-33(19-24)20-27-23(3)37-30(32-27)25-9-5-10-26(31)18-25/h4-5,7,9-11,18,24H,6,8,12-17,19-20H2,1-3H3. The van der Waals surface area contributed by atoms with Crippen molar-refractivity contribution in [2.75, 3.05) is 44.2 Å². The second kappa shape index (κ2) is 11.3. The summed E-state index contributed by atoms with van der Waals surface area (Å²) in [7, 11) is 0. The van der Waals surface area contributed by atoms with Crippen molar-refractivity contribution in [1.29, 1.82) is 0 Å². The molecule has 7 heteroatoms. The van der Waals surface area contributed by atoms with Crippen molar-refractivity contribution in [1.82, 2.24) is 14.8 Å². The first kappa shape index (κ1) is 25.8. The van der Waals surface area contributed by atoms with Crippen LogP contribution < -0.4 is 4.90 Å². The fourth-order valence-corrected chi connectivity index (χ4v) is 5.83. The lowest BCUT2D eigenvalue weighted by Gasteiger charge is -2.38. The summed E-state index contributed by atoms with van der Waals surface area (Å²) in [5, 5.41) is 0.671. The quantitative estimate of drug-likeness (QED) is 0.407. The van der Waals surface area contributed by atoms with Gasteiger partial charge in [0.25, 0.3) is 0 Å². The monoisotopic (exact) mass is 520 g/mol. The molecule has 1 unspecified atom stereocenters. The van der Waals surface area contributed by atoms with Gasteiger partial charge in [-0.2, -0.15) is 0 Å². The lowest BCUT2D eigenvalue weighted by atomic mass is 9.94. The van der Waals surface area contributed by atoms with Crippen LogP contribution in [-0.2, 0) is 11.3 Å². The average Bonchev–Trinajstić information content (AvgIpc) is 3.26. The van der Waals surface area contributed by atoms with Crippen molar-refractivity contribution in [2.45, 2.75) is 46.6 Å². The molecule has 2 fully saturated rings. The number of piperazine rings is 1. The average molecular weight is 521 g/mol. The molecule has 0 N–H and O–H groups in total. The van der Waals surface area contributed by atoms with Crippen molar-refractivity contribution in [2.24, 2.45) is 5.92 Å². The van der Waals surface area contributed by atoms with Gasteiger partial charge in [0.15, 0.2) is 0 Å². The van der Waals surface area contributed by atoms with E-state index in [4.69, 9.17) is 21.0 Å². The Bertz CT molecular complexity index is 1250. The summed E-state index contributed by atoms with van der Waals surface area (Å²) in [5.74, 6) is 2.14. The number of halogens is 1. The van der Waals surface area contributed by atoms with Crippen LogP contribution in [0.5, 0.6) is 0 Å². The maximum Gasteiger partial charge on any atom is 0.226 e. The van der Waals surface area contributed by atoms with Gasteiger partial charge in [-0.3, -0.25) is 9.69 Å². The molecule has 6 nitrogen and oxygen atoms in total. The lowest BCUT2D eigenvalue weighted by Crippen LogP contribution is -2.49. The zero-order valence-electron chi connectivity index (χ0n) is 22.2. The Morgan fingerprint density at radius 2 is 1.84 bits per heavy atom. The van der Waals surface area contributed by atoms with E-state index in [0.717, 1.165) is 75.7 Å². The predicted octanol–water partition coefficient (Wildman–Crippen LogP) is 5.87. The number of hydrogen-bond acceptors (Lipinski definition) is 5. The predicted molar refractivity (Wildman–Crippen MR) is 149 cm³/mol. The number of aryl methyl sites for hydroxylation is 2. The first-order valence-corrected chi connectivity index (χ1v) is 13.8. The normalized spacial score (nSPS) is 18.9. The SMILES string of the molecule is Cc1cccc(N2CCN(C(=O)CC3CCCN(Cc4nc(-c5cccc(Cl)c5)oc4C)C3)CC2)c1C. The molecule has 2 aliphatic heterocycles.